The van der Waals surface area contributed by atoms with Crippen LogP contribution < -0.4 is 4.90 Å². The Hall–Kier alpha value is -5.08. The van der Waals surface area contributed by atoms with Gasteiger partial charge in [0.05, 0.1) is 16.7 Å². The molecule has 6 aromatic rings. The largest absolute Gasteiger partial charge is 0.310 e. The minimum Gasteiger partial charge on any atom is -0.310 e. The molecule has 202 valence electrons. The minimum atomic E-state index is -0.136. The van der Waals surface area contributed by atoms with Gasteiger partial charge in [-0.05, 0) is 77.2 Å². The molecule has 42 heavy (non-hydrogen) atoms. The summed E-state index contributed by atoms with van der Waals surface area (Å²) in [5.41, 5.74) is 12.4. The Kier molecular flexibility index (Phi) is 5.58. The van der Waals surface area contributed by atoms with E-state index < -0.39 is 0 Å². The Labute approximate surface area is 247 Å². The standard InChI is InChI=1S/C40H32N2/c1-40(2)35-22-11-5-10-19-31(35)34-21-14-24-37(39(34)40)41(28-15-6-3-7-16-28)30-25-26-33-32-20-12-13-23-36(32)42(38(33)27-30)29-17-8-4-9-18-29/h3-4,6-27H,5H2,1-2H3. The van der Waals surface area contributed by atoms with Gasteiger partial charge in [-0.15, -0.1) is 0 Å². The number of rotatable bonds is 4. The molecule has 0 radical (unpaired) electrons. The lowest BCUT2D eigenvalue weighted by molar-refractivity contribution is 0.654. The maximum absolute atomic E-state index is 2.45. The second-order valence-corrected chi connectivity index (χ2v) is 11.8. The van der Waals surface area contributed by atoms with Crippen LogP contribution in [0.5, 0.6) is 0 Å². The summed E-state index contributed by atoms with van der Waals surface area (Å²) in [6.07, 6.45) is 10.2. The van der Waals surface area contributed by atoms with Gasteiger partial charge < -0.3 is 9.47 Å². The van der Waals surface area contributed by atoms with Crippen LogP contribution >= 0.6 is 0 Å². The zero-order valence-electron chi connectivity index (χ0n) is 24.0. The topological polar surface area (TPSA) is 8.17 Å². The van der Waals surface area contributed by atoms with E-state index in [1.54, 1.807) is 0 Å². The van der Waals surface area contributed by atoms with Crippen molar-refractivity contribution in [2.75, 3.05) is 4.90 Å². The molecular formula is C40H32N2. The van der Waals surface area contributed by atoms with Crippen molar-refractivity contribution in [3.05, 3.63) is 162 Å². The van der Waals surface area contributed by atoms with Gasteiger partial charge in [-0.25, -0.2) is 0 Å². The molecule has 2 aliphatic rings. The van der Waals surface area contributed by atoms with Crippen LogP contribution in [-0.2, 0) is 5.41 Å². The highest BCUT2D eigenvalue weighted by molar-refractivity contribution is 6.10. The normalized spacial score (nSPS) is 15.2. The summed E-state index contributed by atoms with van der Waals surface area (Å²) in [5.74, 6) is 0. The molecule has 8 rings (SSSR count). The first-order chi connectivity index (χ1) is 20.6. The second-order valence-electron chi connectivity index (χ2n) is 11.8. The SMILES string of the molecule is CC1(C)C2=C(C=CCC=C2)c2cccc(N(c3ccccc3)c3ccc4c5ccccc5n(-c5ccccc5)c4c3)c21. The van der Waals surface area contributed by atoms with Crippen molar-refractivity contribution in [3.8, 4) is 5.69 Å². The first-order valence-corrected chi connectivity index (χ1v) is 14.8. The Balaban J connectivity index is 1.41. The fourth-order valence-electron chi connectivity index (χ4n) is 7.11. The van der Waals surface area contributed by atoms with Crippen LogP contribution in [0.2, 0.25) is 0 Å². The second kappa shape index (κ2) is 9.49. The van der Waals surface area contributed by atoms with Gasteiger partial charge in [0.25, 0.3) is 0 Å². The summed E-state index contributed by atoms with van der Waals surface area (Å²) in [7, 11) is 0. The molecule has 0 fully saturated rings. The van der Waals surface area contributed by atoms with Crippen LogP contribution in [0.3, 0.4) is 0 Å². The number of allylic oxidation sites excluding steroid dienone is 6. The van der Waals surface area contributed by atoms with Crippen molar-refractivity contribution >= 4 is 44.4 Å². The molecule has 1 heterocycles. The van der Waals surface area contributed by atoms with Gasteiger partial charge in [0.1, 0.15) is 0 Å². The molecule has 0 N–H and O–H groups in total. The third kappa shape index (κ3) is 3.65. The number of aromatic nitrogens is 1. The quantitative estimate of drug-likeness (QED) is 0.216. The zero-order valence-corrected chi connectivity index (χ0v) is 24.0. The lowest BCUT2D eigenvalue weighted by Crippen LogP contribution is -2.21. The lowest BCUT2D eigenvalue weighted by atomic mass is 9.79. The van der Waals surface area contributed by atoms with Gasteiger partial charge in [0.2, 0.25) is 0 Å². The maximum atomic E-state index is 2.45. The third-order valence-electron chi connectivity index (χ3n) is 8.95. The predicted octanol–water partition coefficient (Wildman–Crippen LogP) is 10.8. The predicted molar refractivity (Wildman–Crippen MR) is 178 cm³/mol. The molecule has 2 heteroatoms. The average molecular weight is 541 g/mol. The third-order valence-corrected chi connectivity index (χ3v) is 8.95. The molecule has 2 nitrogen and oxygen atoms in total. The number of anilines is 3. The van der Waals surface area contributed by atoms with Crippen molar-refractivity contribution in [1.82, 2.24) is 4.57 Å². The van der Waals surface area contributed by atoms with Crippen molar-refractivity contribution in [2.24, 2.45) is 0 Å². The number of nitrogens with zero attached hydrogens (tertiary/aromatic N) is 2. The molecule has 0 amide bonds. The summed E-state index contributed by atoms with van der Waals surface area (Å²) in [5, 5.41) is 2.52. The Morgan fingerprint density at radius 3 is 2.17 bits per heavy atom. The lowest BCUT2D eigenvalue weighted by Gasteiger charge is -2.33. The molecule has 0 atom stereocenters. The number of hydrogen-bond donors (Lipinski definition) is 0. The molecule has 0 saturated heterocycles. The van der Waals surface area contributed by atoms with E-state index in [0.29, 0.717) is 0 Å². The van der Waals surface area contributed by atoms with Crippen molar-refractivity contribution in [1.29, 1.82) is 0 Å². The van der Waals surface area contributed by atoms with Crippen LogP contribution in [0, 0.1) is 0 Å². The van der Waals surface area contributed by atoms with Gasteiger partial charge in [-0.3, -0.25) is 0 Å². The fourth-order valence-corrected chi connectivity index (χ4v) is 7.11. The van der Waals surface area contributed by atoms with Crippen LogP contribution in [0.25, 0.3) is 33.1 Å². The van der Waals surface area contributed by atoms with E-state index in [1.807, 2.05) is 0 Å². The van der Waals surface area contributed by atoms with E-state index in [2.05, 4.69) is 169 Å². The van der Waals surface area contributed by atoms with E-state index in [0.717, 1.165) is 17.8 Å². The summed E-state index contributed by atoms with van der Waals surface area (Å²) in [6.45, 7) is 4.75. The van der Waals surface area contributed by atoms with E-state index >= 15 is 0 Å². The summed E-state index contributed by atoms with van der Waals surface area (Å²) in [6, 6.07) is 44.0. The van der Waals surface area contributed by atoms with Gasteiger partial charge in [0.15, 0.2) is 0 Å². The molecule has 0 bridgehead atoms. The molecule has 5 aromatic carbocycles. The van der Waals surface area contributed by atoms with Crippen LogP contribution in [0.15, 0.2) is 151 Å². The fraction of sp³-hybridized carbons (Fsp3) is 0.100. The number of benzene rings is 5. The maximum Gasteiger partial charge on any atom is 0.0561 e. The summed E-state index contributed by atoms with van der Waals surface area (Å²) >= 11 is 0. The van der Waals surface area contributed by atoms with E-state index in [-0.39, 0.29) is 5.41 Å². The van der Waals surface area contributed by atoms with Gasteiger partial charge >= 0.3 is 0 Å². The highest BCUT2D eigenvalue weighted by atomic mass is 15.1. The van der Waals surface area contributed by atoms with E-state index in [9.17, 15) is 0 Å². The zero-order chi connectivity index (χ0) is 28.3. The summed E-state index contributed by atoms with van der Waals surface area (Å²) < 4.78 is 2.40. The van der Waals surface area contributed by atoms with Gasteiger partial charge in [0, 0.05) is 33.2 Å². The Bertz CT molecular complexity index is 2070. The monoisotopic (exact) mass is 540 g/mol. The van der Waals surface area contributed by atoms with Gasteiger partial charge in [-0.1, -0.05) is 111 Å². The first kappa shape index (κ1) is 24.7. The van der Waals surface area contributed by atoms with E-state index in [4.69, 9.17) is 0 Å². The van der Waals surface area contributed by atoms with Crippen LogP contribution in [0.1, 0.15) is 31.4 Å². The number of para-hydroxylation sites is 3. The highest BCUT2D eigenvalue weighted by Gasteiger charge is 2.39. The Morgan fingerprint density at radius 1 is 0.619 bits per heavy atom. The highest BCUT2D eigenvalue weighted by Crippen LogP contribution is 2.53. The summed E-state index contributed by atoms with van der Waals surface area (Å²) in [4.78, 5) is 2.45. The minimum absolute atomic E-state index is 0.136. The van der Waals surface area contributed by atoms with Crippen molar-refractivity contribution in [2.45, 2.75) is 25.7 Å². The Morgan fingerprint density at radius 2 is 1.33 bits per heavy atom. The van der Waals surface area contributed by atoms with E-state index in [1.165, 1.54) is 55.5 Å². The van der Waals surface area contributed by atoms with Crippen LogP contribution in [-0.4, -0.2) is 4.57 Å². The van der Waals surface area contributed by atoms with Crippen molar-refractivity contribution < 1.29 is 0 Å². The van der Waals surface area contributed by atoms with Crippen molar-refractivity contribution in [3.63, 3.8) is 0 Å². The molecule has 0 spiro atoms. The molecule has 1 aromatic heterocycles. The van der Waals surface area contributed by atoms with Gasteiger partial charge in [-0.2, -0.15) is 0 Å². The van der Waals surface area contributed by atoms with Crippen LogP contribution in [0.4, 0.5) is 17.1 Å². The molecule has 0 unspecified atom stereocenters. The smallest absolute Gasteiger partial charge is 0.0561 e. The number of hydrogen-bond acceptors (Lipinski definition) is 1. The molecule has 2 aliphatic carbocycles. The average Bonchev–Trinajstić information content (AvgIpc) is 3.30. The molecular weight excluding hydrogens is 508 g/mol. The number of fused-ring (bicyclic) bond motifs is 5. The molecule has 0 saturated carbocycles. The first-order valence-electron chi connectivity index (χ1n) is 14.8. The molecule has 0 aliphatic heterocycles.